The summed E-state index contributed by atoms with van der Waals surface area (Å²) in [7, 11) is 0. The van der Waals surface area contributed by atoms with Crippen LogP contribution in [-0.2, 0) is 6.54 Å². The summed E-state index contributed by atoms with van der Waals surface area (Å²) >= 11 is 3.56. The first-order valence-electron chi connectivity index (χ1n) is 6.40. The van der Waals surface area contributed by atoms with Crippen molar-refractivity contribution in [2.75, 3.05) is 0 Å². The molecule has 0 spiro atoms. The second-order valence-corrected chi connectivity index (χ2v) is 5.44. The van der Waals surface area contributed by atoms with Crippen LogP contribution in [-0.4, -0.2) is 9.78 Å². The molecule has 1 aromatic heterocycles. The highest BCUT2D eigenvalue weighted by Crippen LogP contribution is 2.28. The summed E-state index contributed by atoms with van der Waals surface area (Å²) in [4.78, 5) is 0. The summed E-state index contributed by atoms with van der Waals surface area (Å²) in [5, 5.41) is 4.36. The van der Waals surface area contributed by atoms with E-state index in [4.69, 9.17) is 5.84 Å². The highest BCUT2D eigenvalue weighted by molar-refractivity contribution is 9.10. The zero-order valence-corrected chi connectivity index (χ0v) is 12.8. The maximum Gasteiger partial charge on any atom is 0.0743 e. The van der Waals surface area contributed by atoms with Crippen molar-refractivity contribution in [1.82, 2.24) is 15.2 Å². The Bertz CT molecular complexity index is 550. The van der Waals surface area contributed by atoms with Gasteiger partial charge in [-0.05, 0) is 30.5 Å². The number of hydrazine groups is 1. The fourth-order valence-electron chi connectivity index (χ4n) is 2.18. The van der Waals surface area contributed by atoms with Crippen molar-refractivity contribution in [1.29, 1.82) is 0 Å². The first-order chi connectivity index (χ1) is 9.17. The first kappa shape index (κ1) is 14.2. The number of aromatic nitrogens is 2. The Labute approximate surface area is 122 Å². The van der Waals surface area contributed by atoms with Crippen molar-refractivity contribution in [2.24, 2.45) is 5.84 Å². The molecule has 1 atom stereocenters. The van der Waals surface area contributed by atoms with Gasteiger partial charge in [0.05, 0.1) is 12.2 Å². The zero-order chi connectivity index (χ0) is 13.8. The number of rotatable bonds is 5. The van der Waals surface area contributed by atoms with E-state index in [9.17, 15) is 0 Å². The monoisotopic (exact) mass is 322 g/mol. The molecule has 2 aromatic rings. The standard InChI is InChI=1S/C14H19BrN4/c1-3-7-19-9-11(8-17-19)14(18-16)12-5-4-6-13(15)10(12)2/h4-6,8-9,14,18H,3,7,16H2,1-2H3. The number of nitrogens with two attached hydrogens (primary N) is 1. The molecule has 0 bridgehead atoms. The lowest BCUT2D eigenvalue weighted by atomic mass is 9.98. The van der Waals surface area contributed by atoms with Gasteiger partial charge in [-0.1, -0.05) is 35.0 Å². The van der Waals surface area contributed by atoms with E-state index in [0.717, 1.165) is 28.6 Å². The van der Waals surface area contributed by atoms with Crippen molar-refractivity contribution in [3.63, 3.8) is 0 Å². The Kier molecular flexibility index (Phi) is 4.74. The van der Waals surface area contributed by atoms with Crippen LogP contribution in [0.1, 0.15) is 36.1 Å². The topological polar surface area (TPSA) is 55.9 Å². The van der Waals surface area contributed by atoms with E-state index in [2.05, 4.69) is 46.4 Å². The van der Waals surface area contributed by atoms with Gasteiger partial charge in [0.2, 0.25) is 0 Å². The molecule has 3 N–H and O–H groups in total. The van der Waals surface area contributed by atoms with E-state index in [1.54, 1.807) is 0 Å². The van der Waals surface area contributed by atoms with Gasteiger partial charge in [-0.3, -0.25) is 10.5 Å². The fourth-order valence-corrected chi connectivity index (χ4v) is 2.56. The number of aryl methyl sites for hydroxylation is 1. The summed E-state index contributed by atoms with van der Waals surface area (Å²) in [5.74, 6) is 5.74. The third-order valence-electron chi connectivity index (χ3n) is 3.23. The minimum Gasteiger partial charge on any atom is -0.272 e. The highest BCUT2D eigenvalue weighted by atomic mass is 79.9. The number of halogens is 1. The van der Waals surface area contributed by atoms with Crippen molar-refractivity contribution < 1.29 is 0 Å². The van der Waals surface area contributed by atoms with E-state index >= 15 is 0 Å². The molecule has 0 saturated heterocycles. The SMILES string of the molecule is CCCn1cc(C(NN)c2cccc(Br)c2C)cn1. The molecule has 1 unspecified atom stereocenters. The minimum absolute atomic E-state index is 0.0388. The van der Waals surface area contributed by atoms with E-state index in [0.29, 0.717) is 0 Å². The van der Waals surface area contributed by atoms with Crippen LogP contribution in [0.4, 0.5) is 0 Å². The molecule has 0 saturated carbocycles. The molecule has 102 valence electrons. The summed E-state index contributed by atoms with van der Waals surface area (Å²) in [6.45, 7) is 5.15. The third kappa shape index (κ3) is 3.05. The molecule has 19 heavy (non-hydrogen) atoms. The quantitative estimate of drug-likeness (QED) is 0.657. The van der Waals surface area contributed by atoms with Crippen molar-refractivity contribution >= 4 is 15.9 Å². The lowest BCUT2D eigenvalue weighted by Crippen LogP contribution is -2.29. The second kappa shape index (κ2) is 6.32. The molecule has 0 radical (unpaired) electrons. The van der Waals surface area contributed by atoms with Crippen molar-refractivity contribution in [3.8, 4) is 0 Å². The second-order valence-electron chi connectivity index (χ2n) is 4.59. The summed E-state index contributed by atoms with van der Waals surface area (Å²) < 4.78 is 3.04. The van der Waals surface area contributed by atoms with E-state index in [1.165, 1.54) is 5.56 Å². The van der Waals surface area contributed by atoms with Gasteiger partial charge in [0.1, 0.15) is 0 Å². The maximum absolute atomic E-state index is 5.74. The van der Waals surface area contributed by atoms with E-state index < -0.39 is 0 Å². The molecule has 0 aliphatic carbocycles. The molecule has 1 heterocycles. The van der Waals surface area contributed by atoms with Crippen LogP contribution >= 0.6 is 15.9 Å². The van der Waals surface area contributed by atoms with E-state index in [-0.39, 0.29) is 6.04 Å². The van der Waals surface area contributed by atoms with Crippen LogP contribution < -0.4 is 11.3 Å². The Hall–Kier alpha value is -1.17. The normalized spacial score (nSPS) is 12.6. The van der Waals surface area contributed by atoms with Crippen LogP contribution in [0.25, 0.3) is 0 Å². The molecular weight excluding hydrogens is 304 g/mol. The van der Waals surface area contributed by atoms with Crippen molar-refractivity contribution in [3.05, 3.63) is 51.8 Å². The molecule has 0 fully saturated rings. The predicted octanol–water partition coefficient (Wildman–Crippen LogP) is 2.92. The van der Waals surface area contributed by atoms with Gasteiger partial charge in [-0.15, -0.1) is 0 Å². The number of hydrogen-bond donors (Lipinski definition) is 2. The number of hydrogen-bond acceptors (Lipinski definition) is 3. The fraction of sp³-hybridized carbons (Fsp3) is 0.357. The third-order valence-corrected chi connectivity index (χ3v) is 4.09. The Morgan fingerprint density at radius 3 is 2.95 bits per heavy atom. The molecule has 5 heteroatoms. The molecule has 4 nitrogen and oxygen atoms in total. The van der Waals surface area contributed by atoms with Crippen LogP contribution in [0.5, 0.6) is 0 Å². The van der Waals surface area contributed by atoms with Gasteiger partial charge in [-0.2, -0.15) is 5.10 Å². The lowest BCUT2D eigenvalue weighted by Gasteiger charge is -2.18. The molecule has 2 rings (SSSR count). The highest BCUT2D eigenvalue weighted by Gasteiger charge is 2.17. The van der Waals surface area contributed by atoms with Gasteiger partial charge < -0.3 is 0 Å². The first-order valence-corrected chi connectivity index (χ1v) is 7.20. The average molecular weight is 323 g/mol. The minimum atomic E-state index is -0.0388. The summed E-state index contributed by atoms with van der Waals surface area (Å²) in [5.41, 5.74) is 6.31. The van der Waals surface area contributed by atoms with E-state index in [1.807, 2.05) is 29.2 Å². The Morgan fingerprint density at radius 2 is 2.26 bits per heavy atom. The van der Waals surface area contributed by atoms with Gasteiger partial charge >= 0.3 is 0 Å². The Morgan fingerprint density at radius 1 is 1.47 bits per heavy atom. The van der Waals surface area contributed by atoms with Gasteiger partial charge in [-0.25, -0.2) is 5.43 Å². The predicted molar refractivity (Wildman–Crippen MR) is 80.6 cm³/mol. The maximum atomic E-state index is 5.74. The number of benzene rings is 1. The van der Waals surface area contributed by atoms with Crippen molar-refractivity contribution in [2.45, 2.75) is 32.9 Å². The van der Waals surface area contributed by atoms with Gasteiger partial charge in [0, 0.05) is 22.8 Å². The molecular formula is C14H19BrN4. The van der Waals surface area contributed by atoms with Gasteiger partial charge in [0.15, 0.2) is 0 Å². The van der Waals surface area contributed by atoms with Crippen LogP contribution in [0.2, 0.25) is 0 Å². The summed E-state index contributed by atoms with van der Waals surface area (Å²) in [6, 6.07) is 6.10. The van der Waals surface area contributed by atoms with Crippen LogP contribution in [0.3, 0.4) is 0 Å². The largest absolute Gasteiger partial charge is 0.272 e. The van der Waals surface area contributed by atoms with Gasteiger partial charge in [0.25, 0.3) is 0 Å². The smallest absolute Gasteiger partial charge is 0.0743 e. The molecule has 1 aromatic carbocycles. The zero-order valence-electron chi connectivity index (χ0n) is 11.2. The van der Waals surface area contributed by atoms with Crippen LogP contribution in [0.15, 0.2) is 35.1 Å². The number of nitrogens with one attached hydrogen (secondary N) is 1. The lowest BCUT2D eigenvalue weighted by molar-refractivity contribution is 0.597. The molecule has 0 aliphatic rings. The number of nitrogens with zero attached hydrogens (tertiary/aromatic N) is 2. The summed E-state index contributed by atoms with van der Waals surface area (Å²) in [6.07, 6.45) is 4.99. The Balaban J connectivity index is 2.35. The van der Waals surface area contributed by atoms with Crippen LogP contribution in [0, 0.1) is 6.92 Å². The molecule has 0 aliphatic heterocycles. The average Bonchev–Trinajstić information content (AvgIpc) is 2.84. The molecule has 0 amide bonds.